The second-order valence-electron chi connectivity index (χ2n) is 3.65. The van der Waals surface area contributed by atoms with Crippen LogP contribution in [0.1, 0.15) is 11.6 Å². The highest BCUT2D eigenvalue weighted by atomic mass is 32.2. The van der Waals surface area contributed by atoms with Gasteiger partial charge in [-0.2, -0.15) is 0 Å². The fourth-order valence-electron chi connectivity index (χ4n) is 1.71. The van der Waals surface area contributed by atoms with Crippen LogP contribution in [0.25, 0.3) is 0 Å². The van der Waals surface area contributed by atoms with Crippen molar-refractivity contribution in [3.05, 3.63) is 23.8 Å². The molecule has 1 amide bonds. The molecule has 6 heteroatoms. The zero-order valence-electron chi connectivity index (χ0n) is 9.19. The van der Waals surface area contributed by atoms with Gasteiger partial charge in [0.1, 0.15) is 6.04 Å². The molecule has 0 aliphatic carbocycles. The summed E-state index contributed by atoms with van der Waals surface area (Å²) in [6, 6.07) is 4.54. The molecule has 90 valence electrons. The van der Waals surface area contributed by atoms with Gasteiger partial charge in [-0.25, -0.2) is 0 Å². The maximum atomic E-state index is 11.2. The number of carboxylic acid groups (broad SMARTS) is 1. The first kappa shape index (κ1) is 11.9. The molecule has 1 atom stereocenters. The van der Waals surface area contributed by atoms with Crippen molar-refractivity contribution in [3.63, 3.8) is 0 Å². The van der Waals surface area contributed by atoms with Crippen LogP contribution >= 0.6 is 11.8 Å². The Hall–Kier alpha value is -1.53. The van der Waals surface area contributed by atoms with Gasteiger partial charge in [0.15, 0.2) is 0 Å². The zero-order valence-corrected chi connectivity index (χ0v) is 10.0. The lowest BCUT2D eigenvalue weighted by Gasteiger charge is -2.19. The third kappa shape index (κ3) is 2.42. The SMILES string of the molecule is CNC(C(=O)O)c1ccc2c(c1)NC(=O)CS2. The molecule has 5 nitrogen and oxygen atoms in total. The van der Waals surface area contributed by atoms with Crippen molar-refractivity contribution < 1.29 is 14.7 Å². The average molecular weight is 252 g/mol. The van der Waals surface area contributed by atoms with E-state index in [0.717, 1.165) is 4.90 Å². The Morgan fingerprint density at radius 2 is 2.35 bits per heavy atom. The van der Waals surface area contributed by atoms with Crippen molar-refractivity contribution in [2.75, 3.05) is 18.1 Å². The highest BCUT2D eigenvalue weighted by Gasteiger charge is 2.21. The van der Waals surface area contributed by atoms with E-state index in [1.165, 1.54) is 11.8 Å². The maximum Gasteiger partial charge on any atom is 0.325 e. The lowest BCUT2D eigenvalue weighted by molar-refractivity contribution is -0.139. The van der Waals surface area contributed by atoms with E-state index in [-0.39, 0.29) is 5.91 Å². The molecule has 1 aliphatic rings. The monoisotopic (exact) mass is 252 g/mol. The Morgan fingerprint density at radius 3 is 3.00 bits per heavy atom. The fraction of sp³-hybridized carbons (Fsp3) is 0.273. The van der Waals surface area contributed by atoms with Crippen molar-refractivity contribution in [3.8, 4) is 0 Å². The minimum Gasteiger partial charge on any atom is -0.480 e. The molecule has 1 heterocycles. The number of fused-ring (bicyclic) bond motifs is 1. The second-order valence-corrected chi connectivity index (χ2v) is 4.67. The number of carboxylic acids is 1. The van der Waals surface area contributed by atoms with Gasteiger partial charge in [0.2, 0.25) is 5.91 Å². The molecule has 1 unspecified atom stereocenters. The largest absolute Gasteiger partial charge is 0.480 e. The molecule has 1 aromatic carbocycles. The van der Waals surface area contributed by atoms with Crippen LogP contribution in [-0.4, -0.2) is 29.8 Å². The molecule has 3 N–H and O–H groups in total. The Morgan fingerprint density at radius 1 is 1.59 bits per heavy atom. The van der Waals surface area contributed by atoms with Crippen LogP contribution in [0.2, 0.25) is 0 Å². The number of hydrogen-bond donors (Lipinski definition) is 3. The molecule has 0 aromatic heterocycles. The second kappa shape index (κ2) is 4.77. The first-order chi connectivity index (χ1) is 8.11. The Kier molecular flexibility index (Phi) is 3.35. The number of anilines is 1. The van der Waals surface area contributed by atoms with Crippen molar-refractivity contribution >= 4 is 29.3 Å². The number of hydrogen-bond acceptors (Lipinski definition) is 4. The quantitative estimate of drug-likeness (QED) is 0.750. The number of benzene rings is 1. The highest BCUT2D eigenvalue weighted by Crippen LogP contribution is 2.33. The summed E-state index contributed by atoms with van der Waals surface area (Å²) in [5.41, 5.74) is 1.31. The smallest absolute Gasteiger partial charge is 0.325 e. The van der Waals surface area contributed by atoms with Crippen LogP contribution in [0.15, 0.2) is 23.1 Å². The lowest BCUT2D eigenvalue weighted by Crippen LogP contribution is -2.25. The third-order valence-electron chi connectivity index (χ3n) is 2.51. The molecule has 0 saturated carbocycles. The lowest BCUT2D eigenvalue weighted by atomic mass is 10.1. The number of aliphatic carboxylic acids is 1. The summed E-state index contributed by atoms with van der Waals surface area (Å²) in [5.74, 6) is -0.598. The van der Waals surface area contributed by atoms with E-state index in [0.29, 0.717) is 17.0 Å². The van der Waals surface area contributed by atoms with E-state index < -0.39 is 12.0 Å². The van der Waals surface area contributed by atoms with Gasteiger partial charge < -0.3 is 15.7 Å². The van der Waals surface area contributed by atoms with Crippen LogP contribution in [0, 0.1) is 0 Å². The minimum atomic E-state index is -0.942. The Labute approximate surface area is 103 Å². The van der Waals surface area contributed by atoms with Gasteiger partial charge in [-0.15, -0.1) is 11.8 Å². The molecule has 2 rings (SSSR count). The van der Waals surface area contributed by atoms with Crippen molar-refractivity contribution in [1.29, 1.82) is 0 Å². The summed E-state index contributed by atoms with van der Waals surface area (Å²) in [5, 5.41) is 14.5. The van der Waals surface area contributed by atoms with Gasteiger partial charge in [-0.3, -0.25) is 9.59 Å². The summed E-state index contributed by atoms with van der Waals surface area (Å²) >= 11 is 1.45. The number of nitrogens with one attached hydrogen (secondary N) is 2. The van der Waals surface area contributed by atoms with Crippen LogP contribution in [0.3, 0.4) is 0 Å². The maximum absolute atomic E-state index is 11.2. The minimum absolute atomic E-state index is 0.0593. The molecule has 0 spiro atoms. The molecular weight excluding hydrogens is 240 g/mol. The number of rotatable bonds is 3. The predicted octanol–water partition coefficient (Wildman–Crippen LogP) is 1.08. The molecule has 0 saturated heterocycles. The van der Waals surface area contributed by atoms with Crippen molar-refractivity contribution in [2.24, 2.45) is 0 Å². The van der Waals surface area contributed by atoms with E-state index >= 15 is 0 Å². The molecule has 0 bridgehead atoms. The molecule has 17 heavy (non-hydrogen) atoms. The van der Waals surface area contributed by atoms with Gasteiger partial charge in [-0.05, 0) is 24.7 Å². The molecule has 1 aromatic rings. The van der Waals surface area contributed by atoms with Crippen LogP contribution in [-0.2, 0) is 9.59 Å². The van der Waals surface area contributed by atoms with Crippen LogP contribution in [0.5, 0.6) is 0 Å². The molecule has 0 radical (unpaired) electrons. The van der Waals surface area contributed by atoms with E-state index in [4.69, 9.17) is 5.11 Å². The first-order valence-corrected chi connectivity index (χ1v) is 6.07. The van der Waals surface area contributed by atoms with E-state index in [9.17, 15) is 9.59 Å². The Bertz CT molecular complexity index is 476. The van der Waals surface area contributed by atoms with Gasteiger partial charge in [0.05, 0.1) is 11.4 Å². The third-order valence-corrected chi connectivity index (χ3v) is 3.58. The summed E-state index contributed by atoms with van der Waals surface area (Å²) in [4.78, 5) is 23.2. The normalized spacial score (nSPS) is 15.9. The molecule has 0 fully saturated rings. The van der Waals surface area contributed by atoms with Crippen molar-refractivity contribution in [2.45, 2.75) is 10.9 Å². The summed E-state index contributed by atoms with van der Waals surface area (Å²) in [7, 11) is 1.59. The van der Waals surface area contributed by atoms with Gasteiger partial charge >= 0.3 is 5.97 Å². The van der Waals surface area contributed by atoms with E-state index in [1.54, 1.807) is 19.2 Å². The standard InChI is InChI=1S/C11H12N2O3S/c1-12-10(11(15)16)6-2-3-8-7(4-6)13-9(14)5-17-8/h2-4,10,12H,5H2,1H3,(H,13,14)(H,15,16). The number of amides is 1. The zero-order chi connectivity index (χ0) is 12.4. The van der Waals surface area contributed by atoms with Gasteiger partial charge in [-0.1, -0.05) is 6.07 Å². The van der Waals surface area contributed by atoms with Gasteiger partial charge in [0, 0.05) is 4.90 Å². The predicted molar refractivity (Wildman–Crippen MR) is 65.2 cm³/mol. The van der Waals surface area contributed by atoms with Crippen LogP contribution < -0.4 is 10.6 Å². The summed E-state index contributed by atoms with van der Waals surface area (Å²) < 4.78 is 0. The Balaban J connectivity index is 2.35. The fourth-order valence-corrected chi connectivity index (χ4v) is 2.50. The molecular formula is C11H12N2O3S. The topological polar surface area (TPSA) is 78.4 Å². The average Bonchev–Trinajstić information content (AvgIpc) is 2.29. The summed E-state index contributed by atoms with van der Waals surface area (Å²) in [6.45, 7) is 0. The van der Waals surface area contributed by atoms with E-state index in [1.807, 2.05) is 6.07 Å². The van der Waals surface area contributed by atoms with Crippen molar-refractivity contribution in [1.82, 2.24) is 5.32 Å². The number of thioether (sulfide) groups is 1. The molecule has 1 aliphatic heterocycles. The number of carbonyl (C=O) groups is 2. The first-order valence-electron chi connectivity index (χ1n) is 5.08. The number of carbonyl (C=O) groups excluding carboxylic acids is 1. The van der Waals surface area contributed by atoms with E-state index in [2.05, 4.69) is 10.6 Å². The summed E-state index contributed by atoms with van der Waals surface area (Å²) in [6.07, 6.45) is 0. The van der Waals surface area contributed by atoms with Crippen LogP contribution in [0.4, 0.5) is 5.69 Å². The highest BCUT2D eigenvalue weighted by molar-refractivity contribution is 8.00. The number of likely N-dealkylation sites (N-methyl/N-ethyl adjacent to an activating group) is 1. The van der Waals surface area contributed by atoms with Gasteiger partial charge in [0.25, 0.3) is 0 Å².